The number of rotatable bonds is 11. The van der Waals surface area contributed by atoms with Crippen molar-refractivity contribution in [3.63, 3.8) is 0 Å². The largest absolute Gasteiger partial charge is 0.468 e. The first-order chi connectivity index (χ1) is 9.07. The van der Waals surface area contributed by atoms with Crippen LogP contribution in [0.3, 0.4) is 0 Å². The lowest BCUT2D eigenvalue weighted by atomic mass is 10.2. The standard InChI is InChI=1S/C13H22O6/c1-11(2)13(16)19-9-8-18-12(15)6-4-3-5-7-17-10-14/h10-11H,3-9H2,1-2H3. The normalized spacial score (nSPS) is 10.1. The van der Waals surface area contributed by atoms with Gasteiger partial charge in [0.15, 0.2) is 0 Å². The smallest absolute Gasteiger partial charge is 0.308 e. The SMILES string of the molecule is CC(C)C(=O)OCCOC(=O)CCCCCOC=O. The van der Waals surface area contributed by atoms with Crippen LogP contribution in [0, 0.1) is 5.92 Å². The van der Waals surface area contributed by atoms with Crippen molar-refractivity contribution in [3.8, 4) is 0 Å². The third kappa shape index (κ3) is 11.2. The minimum absolute atomic E-state index is 0.0888. The highest BCUT2D eigenvalue weighted by Gasteiger charge is 2.08. The van der Waals surface area contributed by atoms with E-state index in [0.717, 1.165) is 12.8 Å². The predicted molar refractivity (Wildman–Crippen MR) is 67.2 cm³/mol. The number of hydrogen-bond donors (Lipinski definition) is 0. The fourth-order valence-corrected chi connectivity index (χ4v) is 1.22. The van der Waals surface area contributed by atoms with Crippen LogP contribution >= 0.6 is 0 Å². The summed E-state index contributed by atoms with van der Waals surface area (Å²) in [6, 6.07) is 0. The van der Waals surface area contributed by atoms with Gasteiger partial charge in [-0.1, -0.05) is 13.8 Å². The van der Waals surface area contributed by atoms with Crippen LogP contribution in [0.5, 0.6) is 0 Å². The maximum atomic E-state index is 11.3. The van der Waals surface area contributed by atoms with E-state index in [2.05, 4.69) is 4.74 Å². The molecular formula is C13H22O6. The summed E-state index contributed by atoms with van der Waals surface area (Å²) in [5.41, 5.74) is 0. The first kappa shape index (κ1) is 17.4. The van der Waals surface area contributed by atoms with Crippen molar-refractivity contribution >= 4 is 18.4 Å². The number of carbonyl (C=O) groups is 3. The molecule has 110 valence electrons. The van der Waals surface area contributed by atoms with Crippen LogP contribution in [-0.4, -0.2) is 38.2 Å². The topological polar surface area (TPSA) is 78.9 Å². The highest BCUT2D eigenvalue weighted by atomic mass is 16.6. The molecule has 0 fully saturated rings. The van der Waals surface area contributed by atoms with Crippen molar-refractivity contribution < 1.29 is 28.6 Å². The van der Waals surface area contributed by atoms with Crippen LogP contribution in [-0.2, 0) is 28.6 Å². The number of hydrogen-bond acceptors (Lipinski definition) is 6. The van der Waals surface area contributed by atoms with Crippen LogP contribution in [0.1, 0.15) is 39.5 Å². The molecule has 0 aliphatic carbocycles. The van der Waals surface area contributed by atoms with Crippen molar-refractivity contribution in [1.82, 2.24) is 0 Å². The van der Waals surface area contributed by atoms with Gasteiger partial charge < -0.3 is 14.2 Å². The molecule has 0 amide bonds. The van der Waals surface area contributed by atoms with E-state index in [1.165, 1.54) is 0 Å². The number of unbranched alkanes of at least 4 members (excludes halogenated alkanes) is 2. The van der Waals surface area contributed by atoms with Crippen molar-refractivity contribution in [2.45, 2.75) is 39.5 Å². The Labute approximate surface area is 113 Å². The molecule has 0 saturated carbocycles. The minimum atomic E-state index is -0.308. The Hall–Kier alpha value is -1.59. The second-order valence-corrected chi connectivity index (χ2v) is 4.32. The van der Waals surface area contributed by atoms with Crippen molar-refractivity contribution in [1.29, 1.82) is 0 Å². The molecular weight excluding hydrogens is 252 g/mol. The maximum absolute atomic E-state index is 11.3. The third-order valence-electron chi connectivity index (χ3n) is 2.27. The molecule has 0 atom stereocenters. The summed E-state index contributed by atoms with van der Waals surface area (Å²) < 4.78 is 14.3. The zero-order valence-electron chi connectivity index (χ0n) is 11.6. The molecule has 0 aromatic heterocycles. The molecule has 0 spiro atoms. The Kier molecular flexibility index (Phi) is 10.5. The average Bonchev–Trinajstić information content (AvgIpc) is 2.38. The van der Waals surface area contributed by atoms with Gasteiger partial charge in [-0.05, 0) is 19.3 Å². The Bertz CT molecular complexity index is 274. The lowest BCUT2D eigenvalue weighted by Crippen LogP contribution is -2.17. The van der Waals surface area contributed by atoms with Gasteiger partial charge in [0, 0.05) is 6.42 Å². The quantitative estimate of drug-likeness (QED) is 0.246. The molecule has 0 aromatic rings. The zero-order valence-corrected chi connectivity index (χ0v) is 11.6. The lowest BCUT2D eigenvalue weighted by molar-refractivity contribution is -0.154. The van der Waals surface area contributed by atoms with Crippen molar-refractivity contribution in [2.75, 3.05) is 19.8 Å². The summed E-state index contributed by atoms with van der Waals surface area (Å²) >= 11 is 0. The first-order valence-electron chi connectivity index (χ1n) is 6.45. The molecule has 0 N–H and O–H groups in total. The highest BCUT2D eigenvalue weighted by Crippen LogP contribution is 2.02. The Morgan fingerprint density at radius 3 is 2.32 bits per heavy atom. The molecule has 6 heteroatoms. The van der Waals surface area contributed by atoms with Crippen molar-refractivity contribution in [3.05, 3.63) is 0 Å². The summed E-state index contributed by atoms with van der Waals surface area (Å²) in [5.74, 6) is -0.785. The monoisotopic (exact) mass is 274 g/mol. The maximum Gasteiger partial charge on any atom is 0.308 e. The van der Waals surface area contributed by atoms with E-state index in [1.54, 1.807) is 13.8 Å². The molecule has 0 aliphatic heterocycles. The van der Waals surface area contributed by atoms with Crippen LogP contribution in [0.2, 0.25) is 0 Å². The molecule has 0 bridgehead atoms. The van der Waals surface area contributed by atoms with Crippen LogP contribution in [0.4, 0.5) is 0 Å². The molecule has 0 aliphatic rings. The van der Waals surface area contributed by atoms with E-state index in [4.69, 9.17) is 9.47 Å². The summed E-state index contributed by atoms with van der Waals surface area (Å²) in [5, 5.41) is 0. The van der Waals surface area contributed by atoms with Gasteiger partial charge in [-0.3, -0.25) is 14.4 Å². The fourth-order valence-electron chi connectivity index (χ4n) is 1.22. The van der Waals surface area contributed by atoms with E-state index in [9.17, 15) is 14.4 Å². The second-order valence-electron chi connectivity index (χ2n) is 4.32. The predicted octanol–water partition coefficient (Wildman–Crippen LogP) is 1.46. The van der Waals surface area contributed by atoms with Gasteiger partial charge in [-0.25, -0.2) is 0 Å². The van der Waals surface area contributed by atoms with Gasteiger partial charge in [-0.2, -0.15) is 0 Å². The fraction of sp³-hybridized carbons (Fsp3) is 0.769. The van der Waals surface area contributed by atoms with Gasteiger partial charge in [-0.15, -0.1) is 0 Å². The van der Waals surface area contributed by atoms with E-state index < -0.39 is 0 Å². The summed E-state index contributed by atoms with van der Waals surface area (Å²) in [6.07, 6.45) is 2.54. The van der Waals surface area contributed by atoms with Crippen LogP contribution in [0.25, 0.3) is 0 Å². The Morgan fingerprint density at radius 1 is 1.00 bits per heavy atom. The van der Waals surface area contributed by atoms with Crippen LogP contribution in [0.15, 0.2) is 0 Å². The van der Waals surface area contributed by atoms with Crippen LogP contribution < -0.4 is 0 Å². The average molecular weight is 274 g/mol. The Morgan fingerprint density at radius 2 is 1.68 bits per heavy atom. The van der Waals surface area contributed by atoms with Gasteiger partial charge in [0.2, 0.25) is 0 Å². The highest BCUT2D eigenvalue weighted by molar-refractivity contribution is 5.71. The van der Waals surface area contributed by atoms with E-state index in [1.807, 2.05) is 0 Å². The van der Waals surface area contributed by atoms with E-state index in [0.29, 0.717) is 25.9 Å². The molecule has 0 unspecified atom stereocenters. The number of carbonyl (C=O) groups excluding carboxylic acids is 3. The number of ether oxygens (including phenoxy) is 3. The van der Waals surface area contributed by atoms with Gasteiger partial charge >= 0.3 is 11.9 Å². The van der Waals surface area contributed by atoms with Crippen molar-refractivity contribution in [2.24, 2.45) is 5.92 Å². The third-order valence-corrected chi connectivity index (χ3v) is 2.27. The van der Waals surface area contributed by atoms with Gasteiger partial charge in [0.05, 0.1) is 12.5 Å². The van der Waals surface area contributed by atoms with E-state index in [-0.39, 0.29) is 31.1 Å². The van der Waals surface area contributed by atoms with Gasteiger partial charge in [0.1, 0.15) is 13.2 Å². The molecule has 6 nitrogen and oxygen atoms in total. The molecule has 0 heterocycles. The molecule has 0 saturated heterocycles. The molecule has 0 rings (SSSR count). The summed E-state index contributed by atoms with van der Waals surface area (Å²) in [6.45, 7) is 4.45. The molecule has 19 heavy (non-hydrogen) atoms. The summed E-state index contributed by atoms with van der Waals surface area (Å²) in [4.78, 5) is 32.2. The lowest BCUT2D eigenvalue weighted by Gasteiger charge is -2.07. The van der Waals surface area contributed by atoms with E-state index >= 15 is 0 Å². The van der Waals surface area contributed by atoms with Gasteiger partial charge in [0.25, 0.3) is 6.47 Å². The second kappa shape index (κ2) is 11.5. The molecule has 0 radical (unpaired) electrons. The Balaban J connectivity index is 3.35. The first-order valence-corrected chi connectivity index (χ1v) is 6.45. The summed E-state index contributed by atoms with van der Waals surface area (Å²) in [7, 11) is 0. The zero-order chi connectivity index (χ0) is 14.5. The molecule has 0 aromatic carbocycles. The number of esters is 2. The minimum Gasteiger partial charge on any atom is -0.468 e.